The number of aliphatic carboxylic acids is 1. The average Bonchev–Trinajstić information content (AvgIpc) is 2.10. The number of amides is 3. The lowest BCUT2D eigenvalue weighted by molar-refractivity contribution is -0.138. The lowest BCUT2D eigenvalue weighted by atomic mass is 10.0. The van der Waals surface area contributed by atoms with Crippen LogP contribution in [0, 0.1) is 0 Å². The SMILES string of the molecule is CC(C)NC(=O)CNC(=O)NC(C)(C)CC(=O)O. The van der Waals surface area contributed by atoms with Gasteiger partial charge in [-0.1, -0.05) is 0 Å². The van der Waals surface area contributed by atoms with Crippen LogP contribution >= 0.6 is 0 Å². The first-order valence-corrected chi connectivity index (χ1v) is 5.69. The van der Waals surface area contributed by atoms with Crippen molar-refractivity contribution in [2.24, 2.45) is 0 Å². The molecule has 0 aliphatic carbocycles. The van der Waals surface area contributed by atoms with E-state index < -0.39 is 17.5 Å². The predicted molar refractivity (Wildman–Crippen MR) is 66.1 cm³/mol. The molecule has 4 N–H and O–H groups in total. The molecule has 3 amide bonds. The Bertz CT molecular complexity index is 326. The minimum atomic E-state index is -1.00. The van der Waals surface area contributed by atoms with Crippen molar-refractivity contribution < 1.29 is 19.5 Å². The summed E-state index contributed by atoms with van der Waals surface area (Å²) in [6, 6.07) is -0.564. The fourth-order valence-electron chi connectivity index (χ4n) is 1.31. The normalized spacial score (nSPS) is 10.9. The Kier molecular flexibility index (Phi) is 6.15. The standard InChI is InChI=1S/C11H21N3O4/c1-7(2)13-8(15)6-12-10(18)14-11(3,4)5-9(16)17/h7H,5-6H2,1-4H3,(H,13,15)(H,16,17)(H2,12,14,18). The monoisotopic (exact) mass is 259 g/mol. The molecule has 0 atom stereocenters. The van der Waals surface area contributed by atoms with Gasteiger partial charge in [0.1, 0.15) is 0 Å². The van der Waals surface area contributed by atoms with E-state index in [0.717, 1.165) is 0 Å². The molecule has 7 heteroatoms. The van der Waals surface area contributed by atoms with E-state index in [9.17, 15) is 14.4 Å². The minimum Gasteiger partial charge on any atom is -0.481 e. The molecule has 0 saturated heterocycles. The number of hydrogen-bond acceptors (Lipinski definition) is 3. The van der Waals surface area contributed by atoms with Gasteiger partial charge in [-0.3, -0.25) is 9.59 Å². The summed E-state index contributed by atoms with van der Waals surface area (Å²) in [5, 5.41) is 16.1. The third-order valence-corrected chi connectivity index (χ3v) is 1.90. The Labute approximate surface area is 106 Å². The number of carboxylic acid groups (broad SMARTS) is 1. The highest BCUT2D eigenvalue weighted by Crippen LogP contribution is 2.07. The van der Waals surface area contributed by atoms with E-state index in [1.807, 2.05) is 13.8 Å². The molecular weight excluding hydrogens is 238 g/mol. The molecule has 0 rings (SSSR count). The molecule has 0 aliphatic heterocycles. The summed E-state index contributed by atoms with van der Waals surface area (Å²) in [5.41, 5.74) is -0.871. The fraction of sp³-hybridized carbons (Fsp3) is 0.727. The van der Waals surface area contributed by atoms with Gasteiger partial charge in [0, 0.05) is 11.6 Å². The zero-order valence-corrected chi connectivity index (χ0v) is 11.2. The maximum absolute atomic E-state index is 11.4. The number of hydrogen-bond donors (Lipinski definition) is 4. The Hall–Kier alpha value is -1.79. The molecule has 0 heterocycles. The summed E-state index contributed by atoms with van der Waals surface area (Å²) in [7, 11) is 0. The first-order chi connectivity index (χ1) is 8.12. The highest BCUT2D eigenvalue weighted by atomic mass is 16.4. The van der Waals surface area contributed by atoms with E-state index in [-0.39, 0.29) is 24.9 Å². The van der Waals surface area contributed by atoms with Gasteiger partial charge < -0.3 is 21.1 Å². The van der Waals surface area contributed by atoms with Gasteiger partial charge in [0.05, 0.1) is 13.0 Å². The number of carbonyl (C=O) groups excluding carboxylic acids is 2. The van der Waals surface area contributed by atoms with Gasteiger partial charge in [0.25, 0.3) is 0 Å². The second-order valence-corrected chi connectivity index (χ2v) is 4.98. The molecule has 0 aliphatic rings. The average molecular weight is 259 g/mol. The third-order valence-electron chi connectivity index (χ3n) is 1.90. The van der Waals surface area contributed by atoms with E-state index in [1.165, 1.54) is 0 Å². The molecule has 0 radical (unpaired) electrons. The first kappa shape index (κ1) is 16.2. The van der Waals surface area contributed by atoms with E-state index in [1.54, 1.807) is 13.8 Å². The summed E-state index contributed by atoms with van der Waals surface area (Å²) in [6.07, 6.45) is -0.196. The second kappa shape index (κ2) is 6.83. The Morgan fingerprint density at radius 3 is 2.22 bits per heavy atom. The molecular formula is C11H21N3O4. The van der Waals surface area contributed by atoms with E-state index >= 15 is 0 Å². The first-order valence-electron chi connectivity index (χ1n) is 5.69. The Morgan fingerprint density at radius 2 is 1.78 bits per heavy atom. The predicted octanol–water partition coefficient (Wildman–Crippen LogP) is 0.0635. The van der Waals surface area contributed by atoms with Crippen LogP contribution in [0.4, 0.5) is 4.79 Å². The highest BCUT2D eigenvalue weighted by Gasteiger charge is 2.23. The maximum atomic E-state index is 11.4. The number of carbonyl (C=O) groups is 3. The smallest absolute Gasteiger partial charge is 0.315 e. The lowest BCUT2D eigenvalue weighted by Gasteiger charge is -2.24. The quantitative estimate of drug-likeness (QED) is 0.541. The Morgan fingerprint density at radius 1 is 1.22 bits per heavy atom. The molecule has 0 bridgehead atoms. The van der Waals surface area contributed by atoms with Crippen LogP contribution in [0.5, 0.6) is 0 Å². The van der Waals surface area contributed by atoms with Gasteiger partial charge >= 0.3 is 12.0 Å². The maximum Gasteiger partial charge on any atom is 0.315 e. The highest BCUT2D eigenvalue weighted by molar-refractivity contribution is 5.84. The largest absolute Gasteiger partial charge is 0.481 e. The Balaban J connectivity index is 4.04. The van der Waals surface area contributed by atoms with Crippen LogP contribution < -0.4 is 16.0 Å². The number of carboxylic acids is 1. The van der Waals surface area contributed by atoms with Crippen molar-refractivity contribution in [3.8, 4) is 0 Å². The zero-order valence-electron chi connectivity index (χ0n) is 11.2. The van der Waals surface area contributed by atoms with E-state index in [2.05, 4.69) is 16.0 Å². The molecule has 0 aromatic rings. The molecule has 18 heavy (non-hydrogen) atoms. The summed E-state index contributed by atoms with van der Waals surface area (Å²) in [6.45, 7) is 6.67. The van der Waals surface area contributed by atoms with Gasteiger partial charge in [0.15, 0.2) is 0 Å². The molecule has 0 unspecified atom stereocenters. The topological polar surface area (TPSA) is 108 Å². The van der Waals surface area contributed by atoms with Crippen LogP contribution in [-0.4, -0.2) is 41.1 Å². The van der Waals surface area contributed by atoms with Gasteiger partial charge in [-0.15, -0.1) is 0 Å². The van der Waals surface area contributed by atoms with Crippen molar-refractivity contribution >= 4 is 17.9 Å². The van der Waals surface area contributed by atoms with Gasteiger partial charge in [-0.25, -0.2) is 4.79 Å². The second-order valence-electron chi connectivity index (χ2n) is 4.98. The molecule has 0 spiro atoms. The van der Waals surface area contributed by atoms with Crippen molar-refractivity contribution in [1.29, 1.82) is 0 Å². The van der Waals surface area contributed by atoms with E-state index in [4.69, 9.17) is 5.11 Å². The number of urea groups is 1. The lowest BCUT2D eigenvalue weighted by Crippen LogP contribution is -2.51. The van der Waals surface area contributed by atoms with Crippen LogP contribution in [0.2, 0.25) is 0 Å². The van der Waals surface area contributed by atoms with Crippen molar-refractivity contribution in [3.63, 3.8) is 0 Å². The molecule has 0 fully saturated rings. The van der Waals surface area contributed by atoms with Crippen LogP contribution in [0.3, 0.4) is 0 Å². The van der Waals surface area contributed by atoms with Gasteiger partial charge in [-0.05, 0) is 27.7 Å². The molecule has 0 aromatic carbocycles. The number of nitrogens with one attached hydrogen (secondary N) is 3. The van der Waals surface area contributed by atoms with Crippen molar-refractivity contribution in [3.05, 3.63) is 0 Å². The van der Waals surface area contributed by atoms with Crippen LogP contribution in [0.25, 0.3) is 0 Å². The third kappa shape index (κ3) is 8.37. The molecule has 7 nitrogen and oxygen atoms in total. The number of rotatable bonds is 6. The molecule has 104 valence electrons. The fourth-order valence-corrected chi connectivity index (χ4v) is 1.31. The van der Waals surface area contributed by atoms with Crippen molar-refractivity contribution in [2.75, 3.05) is 6.54 Å². The molecule has 0 saturated carbocycles. The zero-order chi connectivity index (χ0) is 14.3. The summed E-state index contributed by atoms with van der Waals surface area (Å²) >= 11 is 0. The van der Waals surface area contributed by atoms with Crippen LogP contribution in [0.1, 0.15) is 34.1 Å². The van der Waals surface area contributed by atoms with Crippen LogP contribution in [0.15, 0.2) is 0 Å². The molecule has 0 aromatic heterocycles. The summed E-state index contributed by atoms with van der Waals surface area (Å²) in [5.74, 6) is -1.30. The summed E-state index contributed by atoms with van der Waals surface area (Å²) < 4.78 is 0. The minimum absolute atomic E-state index is 0.00538. The van der Waals surface area contributed by atoms with Gasteiger partial charge in [-0.2, -0.15) is 0 Å². The summed E-state index contributed by atoms with van der Waals surface area (Å²) in [4.78, 5) is 33.2. The van der Waals surface area contributed by atoms with Crippen LogP contribution in [-0.2, 0) is 9.59 Å². The van der Waals surface area contributed by atoms with Crippen molar-refractivity contribution in [2.45, 2.75) is 45.7 Å². The van der Waals surface area contributed by atoms with Crippen molar-refractivity contribution in [1.82, 2.24) is 16.0 Å². The van der Waals surface area contributed by atoms with E-state index in [0.29, 0.717) is 0 Å². The van der Waals surface area contributed by atoms with Gasteiger partial charge in [0.2, 0.25) is 5.91 Å².